The lowest BCUT2D eigenvalue weighted by Gasteiger charge is -2.23. The van der Waals surface area contributed by atoms with Crippen LogP contribution in [0, 0.1) is 5.82 Å². The van der Waals surface area contributed by atoms with Crippen LogP contribution in [0.5, 0.6) is 0 Å². The Labute approximate surface area is 165 Å². The number of halogens is 1. The molecule has 0 spiro atoms. The molecule has 148 valence electrons. The van der Waals surface area contributed by atoms with Crippen LogP contribution in [-0.4, -0.2) is 38.0 Å². The Balaban J connectivity index is 1.52. The summed E-state index contributed by atoms with van der Waals surface area (Å²) < 4.78 is 12.9. The minimum Gasteiger partial charge on any atom is -0.372 e. The predicted molar refractivity (Wildman–Crippen MR) is 109 cm³/mol. The second-order valence-electron chi connectivity index (χ2n) is 7.03. The third-order valence-electron chi connectivity index (χ3n) is 4.95. The van der Waals surface area contributed by atoms with E-state index in [0.717, 1.165) is 24.3 Å². The predicted octanol–water partition coefficient (Wildman–Crippen LogP) is 3.14. The molecule has 0 aliphatic carbocycles. The second-order valence-corrected chi connectivity index (χ2v) is 7.03. The van der Waals surface area contributed by atoms with E-state index in [4.69, 9.17) is 0 Å². The van der Waals surface area contributed by atoms with Crippen LogP contribution in [0.25, 0.3) is 0 Å². The van der Waals surface area contributed by atoms with Gasteiger partial charge < -0.3 is 15.1 Å². The Bertz CT molecular complexity index is 800. The van der Waals surface area contributed by atoms with Crippen molar-refractivity contribution in [1.29, 1.82) is 0 Å². The van der Waals surface area contributed by atoms with E-state index in [1.54, 1.807) is 17.0 Å². The van der Waals surface area contributed by atoms with Crippen LogP contribution in [-0.2, 0) is 16.0 Å². The number of carbonyl (C=O) groups excluding carboxylic acids is 2. The van der Waals surface area contributed by atoms with Gasteiger partial charge in [0, 0.05) is 44.5 Å². The summed E-state index contributed by atoms with van der Waals surface area (Å²) in [5, 5.41) is 2.82. The Morgan fingerprint density at radius 1 is 1.04 bits per heavy atom. The van der Waals surface area contributed by atoms with Gasteiger partial charge in [-0.2, -0.15) is 0 Å². The number of anilines is 2. The summed E-state index contributed by atoms with van der Waals surface area (Å²) in [7, 11) is 0. The third kappa shape index (κ3) is 5.31. The van der Waals surface area contributed by atoms with Gasteiger partial charge in [-0.1, -0.05) is 12.1 Å². The smallest absolute Gasteiger partial charge is 0.224 e. The largest absolute Gasteiger partial charge is 0.372 e. The average Bonchev–Trinajstić information content (AvgIpc) is 3.22. The minimum atomic E-state index is -0.322. The molecule has 2 aromatic carbocycles. The molecule has 0 bridgehead atoms. The van der Waals surface area contributed by atoms with Crippen LogP contribution in [0.3, 0.4) is 0 Å². The molecular formula is C22H26FN3O2. The minimum absolute atomic E-state index is 0.0679. The van der Waals surface area contributed by atoms with E-state index in [1.807, 2.05) is 24.3 Å². The maximum atomic E-state index is 12.9. The number of hydrogen-bond donors (Lipinski definition) is 1. The van der Waals surface area contributed by atoms with Crippen LogP contribution in [0.4, 0.5) is 15.8 Å². The van der Waals surface area contributed by atoms with Gasteiger partial charge >= 0.3 is 0 Å². The van der Waals surface area contributed by atoms with Gasteiger partial charge in [-0.15, -0.1) is 0 Å². The number of amides is 2. The third-order valence-corrected chi connectivity index (χ3v) is 4.95. The SMILES string of the molecule is CC(=O)N(CCNC(=O)Cc1ccc(F)cc1)c1ccc(N2CCCC2)cc1. The summed E-state index contributed by atoms with van der Waals surface area (Å²) >= 11 is 0. The number of benzene rings is 2. The second kappa shape index (κ2) is 9.35. The zero-order valence-electron chi connectivity index (χ0n) is 16.2. The fourth-order valence-corrected chi connectivity index (χ4v) is 3.44. The molecule has 1 N–H and O–H groups in total. The topological polar surface area (TPSA) is 52.7 Å². The molecule has 5 nitrogen and oxygen atoms in total. The van der Waals surface area contributed by atoms with E-state index in [9.17, 15) is 14.0 Å². The van der Waals surface area contributed by atoms with Crippen LogP contribution in [0.15, 0.2) is 48.5 Å². The van der Waals surface area contributed by atoms with Crippen molar-refractivity contribution in [2.45, 2.75) is 26.2 Å². The van der Waals surface area contributed by atoms with Gasteiger partial charge in [0.15, 0.2) is 0 Å². The Hall–Kier alpha value is -2.89. The number of rotatable bonds is 7. The summed E-state index contributed by atoms with van der Waals surface area (Å²) in [6.45, 7) is 4.43. The monoisotopic (exact) mass is 383 g/mol. The quantitative estimate of drug-likeness (QED) is 0.799. The Morgan fingerprint density at radius 2 is 1.68 bits per heavy atom. The number of nitrogens with one attached hydrogen (secondary N) is 1. The maximum absolute atomic E-state index is 12.9. The van der Waals surface area contributed by atoms with Gasteiger partial charge in [-0.25, -0.2) is 4.39 Å². The molecule has 6 heteroatoms. The Kier molecular flexibility index (Phi) is 6.63. The maximum Gasteiger partial charge on any atom is 0.224 e. The lowest BCUT2D eigenvalue weighted by atomic mass is 10.1. The highest BCUT2D eigenvalue weighted by molar-refractivity contribution is 5.91. The first kappa shape index (κ1) is 19.9. The molecule has 1 aliphatic heterocycles. The number of carbonyl (C=O) groups is 2. The molecule has 1 aliphatic rings. The highest BCUT2D eigenvalue weighted by Gasteiger charge is 2.15. The van der Waals surface area contributed by atoms with E-state index in [-0.39, 0.29) is 24.1 Å². The normalized spacial score (nSPS) is 13.4. The van der Waals surface area contributed by atoms with Crippen molar-refractivity contribution >= 4 is 23.2 Å². The van der Waals surface area contributed by atoms with Crippen molar-refractivity contribution < 1.29 is 14.0 Å². The average molecular weight is 383 g/mol. The van der Waals surface area contributed by atoms with Crippen molar-refractivity contribution in [3.8, 4) is 0 Å². The summed E-state index contributed by atoms with van der Waals surface area (Å²) in [5.41, 5.74) is 2.75. The first-order chi connectivity index (χ1) is 13.5. The lowest BCUT2D eigenvalue weighted by Crippen LogP contribution is -2.38. The molecule has 2 aromatic rings. The zero-order valence-corrected chi connectivity index (χ0v) is 16.2. The summed E-state index contributed by atoms with van der Waals surface area (Å²) in [5.74, 6) is -0.543. The molecule has 1 saturated heterocycles. The van der Waals surface area contributed by atoms with Crippen molar-refractivity contribution in [3.05, 3.63) is 59.9 Å². The molecule has 0 saturated carbocycles. The van der Waals surface area contributed by atoms with Gasteiger partial charge in [-0.3, -0.25) is 9.59 Å². The molecule has 0 radical (unpaired) electrons. The van der Waals surface area contributed by atoms with Gasteiger partial charge in [0.2, 0.25) is 11.8 Å². The molecular weight excluding hydrogens is 357 g/mol. The highest BCUT2D eigenvalue weighted by Crippen LogP contribution is 2.23. The first-order valence-electron chi connectivity index (χ1n) is 9.67. The molecule has 3 rings (SSSR count). The first-order valence-corrected chi connectivity index (χ1v) is 9.67. The van der Waals surface area contributed by atoms with E-state index in [1.165, 1.54) is 37.6 Å². The summed E-state index contributed by atoms with van der Waals surface area (Å²) in [6.07, 6.45) is 2.63. The molecule has 2 amide bonds. The highest BCUT2D eigenvalue weighted by atomic mass is 19.1. The van der Waals surface area contributed by atoms with E-state index >= 15 is 0 Å². The van der Waals surface area contributed by atoms with Crippen molar-refractivity contribution in [1.82, 2.24) is 5.32 Å². The Morgan fingerprint density at radius 3 is 2.29 bits per heavy atom. The number of hydrogen-bond acceptors (Lipinski definition) is 3. The summed E-state index contributed by atoms with van der Waals surface area (Å²) in [6, 6.07) is 13.9. The molecule has 0 unspecified atom stereocenters. The van der Waals surface area contributed by atoms with Crippen molar-refractivity contribution in [3.63, 3.8) is 0 Å². The van der Waals surface area contributed by atoms with Gasteiger partial charge in [0.05, 0.1) is 6.42 Å². The molecule has 1 heterocycles. The van der Waals surface area contributed by atoms with Crippen LogP contribution >= 0.6 is 0 Å². The van der Waals surface area contributed by atoms with Crippen LogP contribution < -0.4 is 15.1 Å². The zero-order chi connectivity index (χ0) is 19.9. The van der Waals surface area contributed by atoms with Gasteiger partial charge in [0.1, 0.15) is 5.82 Å². The van der Waals surface area contributed by atoms with Crippen LogP contribution in [0.2, 0.25) is 0 Å². The number of nitrogens with zero attached hydrogens (tertiary/aromatic N) is 2. The van der Waals surface area contributed by atoms with Crippen LogP contribution in [0.1, 0.15) is 25.3 Å². The van der Waals surface area contributed by atoms with Gasteiger partial charge in [-0.05, 0) is 54.8 Å². The standard InChI is InChI=1S/C22H26FN3O2/c1-17(27)26(21-10-8-20(9-11-21)25-13-2-3-14-25)15-12-24-22(28)16-18-4-6-19(23)7-5-18/h4-11H,2-3,12-16H2,1H3,(H,24,28). The van der Waals surface area contributed by atoms with Crippen molar-refractivity contribution in [2.75, 3.05) is 36.0 Å². The van der Waals surface area contributed by atoms with Gasteiger partial charge in [0.25, 0.3) is 0 Å². The fraction of sp³-hybridized carbons (Fsp3) is 0.364. The molecule has 0 atom stereocenters. The van der Waals surface area contributed by atoms with Crippen molar-refractivity contribution in [2.24, 2.45) is 0 Å². The van der Waals surface area contributed by atoms with E-state index in [2.05, 4.69) is 10.2 Å². The molecule has 1 fully saturated rings. The van der Waals surface area contributed by atoms with E-state index < -0.39 is 0 Å². The van der Waals surface area contributed by atoms with E-state index in [0.29, 0.717) is 13.1 Å². The lowest BCUT2D eigenvalue weighted by molar-refractivity contribution is -0.121. The molecule has 28 heavy (non-hydrogen) atoms. The summed E-state index contributed by atoms with van der Waals surface area (Å²) in [4.78, 5) is 28.1. The molecule has 0 aromatic heterocycles. The fourth-order valence-electron chi connectivity index (χ4n) is 3.44.